The van der Waals surface area contributed by atoms with E-state index in [4.69, 9.17) is 5.73 Å². The monoisotopic (exact) mass is 300 g/mol. The molecule has 2 rings (SSSR count). The van der Waals surface area contributed by atoms with Gasteiger partial charge in [-0.2, -0.15) is 0 Å². The maximum atomic E-state index is 6.01. The van der Waals surface area contributed by atoms with Crippen molar-refractivity contribution in [3.8, 4) is 0 Å². The van der Waals surface area contributed by atoms with Crippen molar-refractivity contribution >= 4 is 11.8 Å². The minimum atomic E-state index is 0.251. The van der Waals surface area contributed by atoms with Crippen molar-refractivity contribution in [3.63, 3.8) is 0 Å². The summed E-state index contributed by atoms with van der Waals surface area (Å²) in [6.45, 7) is 3.67. The normalized spacial score (nSPS) is 12.6. The zero-order valence-corrected chi connectivity index (χ0v) is 13.9. The Morgan fingerprint density at radius 3 is 2.43 bits per heavy atom. The maximum absolute atomic E-state index is 6.01. The second-order valence-electron chi connectivity index (χ2n) is 5.43. The summed E-state index contributed by atoms with van der Waals surface area (Å²) in [5.74, 6) is 0. The van der Waals surface area contributed by atoms with Gasteiger partial charge in [0.1, 0.15) is 0 Å². The van der Waals surface area contributed by atoms with Gasteiger partial charge >= 0.3 is 0 Å². The van der Waals surface area contributed by atoms with Crippen molar-refractivity contribution in [1.29, 1.82) is 0 Å². The largest absolute Gasteiger partial charge is 0.329 e. The van der Waals surface area contributed by atoms with Crippen molar-refractivity contribution in [2.24, 2.45) is 5.73 Å². The number of likely N-dealkylation sites (N-methyl/N-ethyl adjacent to an activating group) is 1. The Hall–Kier alpha value is -1.29. The van der Waals surface area contributed by atoms with Gasteiger partial charge in [0.05, 0.1) is 0 Å². The van der Waals surface area contributed by atoms with Crippen LogP contribution in [0.1, 0.15) is 22.7 Å². The highest BCUT2D eigenvalue weighted by Gasteiger charge is 2.15. The van der Waals surface area contributed by atoms with Crippen LogP contribution in [0.2, 0.25) is 0 Å². The van der Waals surface area contributed by atoms with Gasteiger partial charge in [0.25, 0.3) is 0 Å². The van der Waals surface area contributed by atoms with Crippen LogP contribution in [0, 0.1) is 6.92 Å². The van der Waals surface area contributed by atoms with E-state index in [1.165, 1.54) is 21.6 Å². The van der Waals surface area contributed by atoms with Crippen LogP contribution in [0.15, 0.2) is 53.4 Å². The van der Waals surface area contributed by atoms with Gasteiger partial charge < -0.3 is 5.73 Å². The van der Waals surface area contributed by atoms with Gasteiger partial charge in [0, 0.05) is 24.0 Å². The SMILES string of the molecule is CSc1ccc(C(CN)N(C)Cc2cccc(C)c2)cc1. The molecule has 0 heterocycles. The van der Waals surface area contributed by atoms with Crippen LogP contribution in [-0.4, -0.2) is 24.7 Å². The summed E-state index contributed by atoms with van der Waals surface area (Å²) in [6, 6.07) is 17.6. The standard InChI is InChI=1S/C18H24N2S/c1-14-5-4-6-15(11-14)13-20(2)18(12-19)16-7-9-17(21-3)10-8-16/h4-11,18H,12-13,19H2,1-3H3. The first kappa shape index (κ1) is 16.1. The van der Waals surface area contributed by atoms with Gasteiger partial charge in [-0.3, -0.25) is 4.90 Å². The van der Waals surface area contributed by atoms with Gasteiger partial charge in [0.2, 0.25) is 0 Å². The van der Waals surface area contributed by atoms with E-state index in [1.807, 2.05) is 0 Å². The molecule has 2 aromatic rings. The molecule has 0 amide bonds. The first-order valence-electron chi connectivity index (χ1n) is 7.24. The molecule has 0 bridgehead atoms. The first-order valence-corrected chi connectivity index (χ1v) is 8.46. The number of rotatable bonds is 6. The summed E-state index contributed by atoms with van der Waals surface area (Å²) >= 11 is 1.76. The summed E-state index contributed by atoms with van der Waals surface area (Å²) in [4.78, 5) is 3.61. The third kappa shape index (κ3) is 4.34. The fraction of sp³-hybridized carbons (Fsp3) is 0.333. The average molecular weight is 300 g/mol. The predicted octanol–water partition coefficient (Wildman–Crippen LogP) is 3.85. The Morgan fingerprint density at radius 1 is 1.14 bits per heavy atom. The predicted molar refractivity (Wildman–Crippen MR) is 92.7 cm³/mol. The molecule has 3 heteroatoms. The second-order valence-corrected chi connectivity index (χ2v) is 6.31. The number of aryl methyl sites for hydroxylation is 1. The van der Waals surface area contributed by atoms with Gasteiger partial charge in [-0.15, -0.1) is 11.8 Å². The molecular formula is C18H24N2S. The van der Waals surface area contributed by atoms with Gasteiger partial charge in [-0.05, 0) is 43.5 Å². The lowest BCUT2D eigenvalue weighted by Crippen LogP contribution is -2.30. The van der Waals surface area contributed by atoms with E-state index in [-0.39, 0.29) is 6.04 Å². The second kappa shape index (κ2) is 7.64. The fourth-order valence-electron chi connectivity index (χ4n) is 2.61. The number of thioether (sulfide) groups is 1. The van der Waals surface area contributed by atoms with Crippen LogP contribution in [0.4, 0.5) is 0 Å². The molecule has 2 aromatic carbocycles. The number of hydrogen-bond acceptors (Lipinski definition) is 3. The molecule has 1 atom stereocenters. The molecule has 0 saturated carbocycles. The molecule has 2 nitrogen and oxygen atoms in total. The van der Waals surface area contributed by atoms with Crippen LogP contribution in [0.25, 0.3) is 0 Å². The minimum Gasteiger partial charge on any atom is -0.329 e. The number of nitrogens with two attached hydrogens (primary N) is 1. The van der Waals surface area contributed by atoms with Crippen LogP contribution in [0.5, 0.6) is 0 Å². The Kier molecular flexibility index (Phi) is 5.85. The van der Waals surface area contributed by atoms with Crippen LogP contribution >= 0.6 is 11.8 Å². The molecule has 0 aliphatic rings. The van der Waals surface area contributed by atoms with E-state index in [2.05, 4.69) is 73.7 Å². The van der Waals surface area contributed by atoms with Crippen LogP contribution < -0.4 is 5.73 Å². The number of benzene rings is 2. The highest BCUT2D eigenvalue weighted by molar-refractivity contribution is 7.98. The highest BCUT2D eigenvalue weighted by Crippen LogP contribution is 2.23. The summed E-state index contributed by atoms with van der Waals surface area (Å²) in [5, 5.41) is 0. The topological polar surface area (TPSA) is 29.3 Å². The lowest BCUT2D eigenvalue weighted by molar-refractivity contribution is 0.241. The van der Waals surface area contributed by atoms with E-state index in [9.17, 15) is 0 Å². The molecule has 2 N–H and O–H groups in total. The van der Waals surface area contributed by atoms with Crippen molar-refractivity contribution in [1.82, 2.24) is 4.90 Å². The zero-order valence-electron chi connectivity index (χ0n) is 13.0. The van der Waals surface area contributed by atoms with Crippen molar-refractivity contribution < 1.29 is 0 Å². The summed E-state index contributed by atoms with van der Waals surface area (Å²) < 4.78 is 0. The summed E-state index contributed by atoms with van der Waals surface area (Å²) in [5.41, 5.74) is 9.93. The molecule has 112 valence electrons. The number of nitrogens with zero attached hydrogens (tertiary/aromatic N) is 1. The molecule has 0 fully saturated rings. The average Bonchev–Trinajstić information content (AvgIpc) is 2.48. The van der Waals surface area contributed by atoms with Crippen molar-refractivity contribution in [2.45, 2.75) is 24.4 Å². The molecular weight excluding hydrogens is 276 g/mol. The Bertz CT molecular complexity index is 566. The Balaban J connectivity index is 2.12. The Morgan fingerprint density at radius 2 is 1.86 bits per heavy atom. The van der Waals surface area contributed by atoms with Gasteiger partial charge in [-0.1, -0.05) is 42.0 Å². The quantitative estimate of drug-likeness (QED) is 0.822. The van der Waals surface area contributed by atoms with Crippen molar-refractivity contribution in [2.75, 3.05) is 19.8 Å². The van der Waals surface area contributed by atoms with E-state index in [1.54, 1.807) is 11.8 Å². The smallest absolute Gasteiger partial charge is 0.0470 e. The molecule has 1 unspecified atom stereocenters. The van der Waals surface area contributed by atoms with Crippen LogP contribution in [0.3, 0.4) is 0 Å². The van der Waals surface area contributed by atoms with E-state index < -0.39 is 0 Å². The lowest BCUT2D eigenvalue weighted by Gasteiger charge is -2.27. The third-order valence-electron chi connectivity index (χ3n) is 3.77. The van der Waals surface area contributed by atoms with E-state index in [0.29, 0.717) is 6.54 Å². The van der Waals surface area contributed by atoms with E-state index >= 15 is 0 Å². The Labute approximate surface area is 132 Å². The van der Waals surface area contributed by atoms with Gasteiger partial charge in [0.15, 0.2) is 0 Å². The van der Waals surface area contributed by atoms with Crippen molar-refractivity contribution in [3.05, 3.63) is 65.2 Å². The van der Waals surface area contributed by atoms with Crippen LogP contribution in [-0.2, 0) is 6.54 Å². The summed E-state index contributed by atoms with van der Waals surface area (Å²) in [7, 11) is 2.14. The molecule has 0 aromatic heterocycles. The molecule has 21 heavy (non-hydrogen) atoms. The number of hydrogen-bond donors (Lipinski definition) is 1. The lowest BCUT2D eigenvalue weighted by atomic mass is 10.0. The highest BCUT2D eigenvalue weighted by atomic mass is 32.2. The molecule has 0 radical (unpaired) electrons. The molecule has 0 spiro atoms. The third-order valence-corrected chi connectivity index (χ3v) is 4.51. The van der Waals surface area contributed by atoms with E-state index in [0.717, 1.165) is 6.54 Å². The molecule has 0 saturated heterocycles. The zero-order chi connectivity index (χ0) is 15.2. The maximum Gasteiger partial charge on any atom is 0.0470 e. The minimum absolute atomic E-state index is 0.251. The molecule has 0 aliphatic heterocycles. The fourth-order valence-corrected chi connectivity index (χ4v) is 3.01. The van der Waals surface area contributed by atoms with Gasteiger partial charge in [-0.25, -0.2) is 0 Å². The summed E-state index contributed by atoms with van der Waals surface area (Å²) in [6.07, 6.45) is 2.10. The molecule has 0 aliphatic carbocycles. The first-order chi connectivity index (χ1) is 10.1.